The average Bonchev–Trinajstić information content (AvgIpc) is 2.29. The highest BCUT2D eigenvalue weighted by Gasteiger charge is 2.20. The molecule has 1 aromatic carbocycles. The maximum atomic E-state index is 13.3. The maximum absolute atomic E-state index is 13.3. The van der Waals surface area contributed by atoms with Gasteiger partial charge < -0.3 is 4.90 Å². The van der Waals surface area contributed by atoms with Crippen LogP contribution in [0.5, 0.6) is 0 Å². The lowest BCUT2D eigenvalue weighted by Crippen LogP contribution is -2.34. The second-order valence-electron chi connectivity index (χ2n) is 3.35. The summed E-state index contributed by atoms with van der Waals surface area (Å²) in [5.74, 6) is -2.21. The first-order chi connectivity index (χ1) is 7.47. The Morgan fingerprint density at radius 1 is 1.50 bits per heavy atom. The van der Waals surface area contributed by atoms with Gasteiger partial charge in [-0.15, -0.1) is 0 Å². The molecule has 16 heavy (non-hydrogen) atoms. The smallest absolute Gasteiger partial charge is 0.257 e. The van der Waals surface area contributed by atoms with E-state index < -0.39 is 23.6 Å². The molecular weight excluding hydrogens is 214 g/mol. The normalized spacial score (nSPS) is 11.7. The SMILES string of the molecule is CC(C#N)N(C)C(=O)c1cc(F)ccc1F. The second kappa shape index (κ2) is 4.71. The van der Waals surface area contributed by atoms with Crippen molar-refractivity contribution in [2.24, 2.45) is 0 Å². The van der Waals surface area contributed by atoms with Gasteiger partial charge in [-0.05, 0) is 25.1 Å². The summed E-state index contributed by atoms with van der Waals surface area (Å²) < 4.78 is 26.1. The molecule has 1 atom stereocenters. The molecule has 1 aromatic rings. The van der Waals surface area contributed by atoms with Crippen LogP contribution in [-0.4, -0.2) is 23.9 Å². The quantitative estimate of drug-likeness (QED) is 0.770. The molecule has 0 saturated heterocycles. The number of hydrogen-bond acceptors (Lipinski definition) is 2. The molecule has 0 aromatic heterocycles. The van der Waals surface area contributed by atoms with Crippen LogP contribution in [0.3, 0.4) is 0 Å². The highest BCUT2D eigenvalue weighted by atomic mass is 19.1. The van der Waals surface area contributed by atoms with Crippen molar-refractivity contribution in [2.75, 3.05) is 7.05 Å². The minimum atomic E-state index is -0.802. The maximum Gasteiger partial charge on any atom is 0.257 e. The molecule has 0 aliphatic heterocycles. The second-order valence-corrected chi connectivity index (χ2v) is 3.35. The topological polar surface area (TPSA) is 44.1 Å². The highest BCUT2D eigenvalue weighted by molar-refractivity contribution is 5.94. The lowest BCUT2D eigenvalue weighted by molar-refractivity contribution is 0.0768. The van der Waals surface area contributed by atoms with Gasteiger partial charge in [-0.1, -0.05) is 0 Å². The van der Waals surface area contributed by atoms with Crippen LogP contribution in [-0.2, 0) is 0 Å². The molecule has 0 heterocycles. The minimum Gasteiger partial charge on any atom is -0.326 e. The van der Waals surface area contributed by atoms with E-state index >= 15 is 0 Å². The first-order valence-corrected chi connectivity index (χ1v) is 4.59. The van der Waals surface area contributed by atoms with Gasteiger partial charge in [0.25, 0.3) is 5.91 Å². The Labute approximate surface area is 91.9 Å². The molecular formula is C11H10F2N2O. The standard InChI is InChI=1S/C11H10F2N2O/c1-7(6-14)15(2)11(16)9-5-8(12)3-4-10(9)13/h3-5,7H,1-2H3. The summed E-state index contributed by atoms with van der Waals surface area (Å²) in [7, 11) is 1.36. The minimum absolute atomic E-state index is 0.371. The van der Waals surface area contributed by atoms with Gasteiger partial charge in [0.15, 0.2) is 0 Å². The summed E-state index contributed by atoms with van der Waals surface area (Å²) in [5, 5.41) is 8.61. The highest BCUT2D eigenvalue weighted by Crippen LogP contribution is 2.13. The third-order valence-electron chi connectivity index (χ3n) is 2.25. The Morgan fingerprint density at radius 3 is 2.69 bits per heavy atom. The zero-order valence-electron chi connectivity index (χ0n) is 8.87. The van der Waals surface area contributed by atoms with Crippen LogP contribution in [0.2, 0.25) is 0 Å². The lowest BCUT2D eigenvalue weighted by Gasteiger charge is -2.19. The van der Waals surface area contributed by atoms with E-state index in [1.165, 1.54) is 14.0 Å². The average molecular weight is 224 g/mol. The van der Waals surface area contributed by atoms with Crippen LogP contribution in [0.1, 0.15) is 17.3 Å². The molecule has 5 heteroatoms. The van der Waals surface area contributed by atoms with E-state index in [0.29, 0.717) is 0 Å². The van der Waals surface area contributed by atoms with Crippen molar-refractivity contribution in [3.63, 3.8) is 0 Å². The van der Waals surface area contributed by atoms with Crippen molar-refractivity contribution in [3.05, 3.63) is 35.4 Å². The third kappa shape index (κ3) is 2.34. The van der Waals surface area contributed by atoms with Gasteiger partial charge >= 0.3 is 0 Å². The van der Waals surface area contributed by atoms with Crippen molar-refractivity contribution < 1.29 is 13.6 Å². The van der Waals surface area contributed by atoms with Gasteiger partial charge in [-0.25, -0.2) is 8.78 Å². The summed E-state index contributed by atoms with van der Waals surface area (Å²) in [4.78, 5) is 12.7. The van der Waals surface area contributed by atoms with E-state index in [9.17, 15) is 13.6 Å². The van der Waals surface area contributed by atoms with Crippen LogP contribution in [0.25, 0.3) is 0 Å². The van der Waals surface area contributed by atoms with Crippen LogP contribution in [0, 0.1) is 23.0 Å². The molecule has 0 spiro atoms. The first kappa shape index (κ1) is 12.1. The van der Waals surface area contributed by atoms with Gasteiger partial charge in [0.1, 0.15) is 17.7 Å². The van der Waals surface area contributed by atoms with E-state index in [2.05, 4.69) is 0 Å². The van der Waals surface area contributed by atoms with Crippen LogP contribution < -0.4 is 0 Å². The zero-order chi connectivity index (χ0) is 12.3. The molecule has 0 aliphatic carbocycles. The number of nitriles is 1. The fourth-order valence-corrected chi connectivity index (χ4v) is 1.11. The summed E-state index contributed by atoms with van der Waals surface area (Å²) in [6.45, 7) is 1.50. The van der Waals surface area contributed by atoms with E-state index in [1.807, 2.05) is 6.07 Å². The molecule has 0 saturated carbocycles. The fourth-order valence-electron chi connectivity index (χ4n) is 1.11. The number of benzene rings is 1. The molecule has 0 radical (unpaired) electrons. The van der Waals surface area contributed by atoms with Gasteiger partial charge in [0.2, 0.25) is 0 Å². The largest absolute Gasteiger partial charge is 0.326 e. The zero-order valence-corrected chi connectivity index (χ0v) is 8.87. The molecule has 0 N–H and O–H groups in total. The van der Waals surface area contributed by atoms with Crippen molar-refractivity contribution in [2.45, 2.75) is 13.0 Å². The number of carbonyl (C=O) groups is 1. The summed E-state index contributed by atoms with van der Waals surface area (Å²) >= 11 is 0. The van der Waals surface area contributed by atoms with Crippen LogP contribution >= 0.6 is 0 Å². The molecule has 0 aliphatic rings. The molecule has 0 fully saturated rings. The van der Waals surface area contributed by atoms with Crippen molar-refractivity contribution in [1.29, 1.82) is 5.26 Å². The van der Waals surface area contributed by atoms with Gasteiger partial charge in [0, 0.05) is 7.05 Å². The molecule has 0 bridgehead atoms. The number of amides is 1. The van der Waals surface area contributed by atoms with Gasteiger partial charge in [0.05, 0.1) is 11.6 Å². The van der Waals surface area contributed by atoms with E-state index in [0.717, 1.165) is 23.1 Å². The molecule has 3 nitrogen and oxygen atoms in total. The molecule has 1 unspecified atom stereocenters. The van der Waals surface area contributed by atoms with Crippen LogP contribution in [0.4, 0.5) is 8.78 Å². The number of halogens is 2. The Balaban J connectivity index is 3.06. The number of hydrogen-bond donors (Lipinski definition) is 0. The van der Waals surface area contributed by atoms with Crippen molar-refractivity contribution in [3.8, 4) is 6.07 Å². The Bertz CT molecular complexity index is 454. The van der Waals surface area contributed by atoms with Gasteiger partial charge in [-0.2, -0.15) is 5.26 Å². The Hall–Kier alpha value is -1.96. The predicted molar refractivity (Wildman–Crippen MR) is 53.5 cm³/mol. The molecule has 1 rings (SSSR count). The molecule has 84 valence electrons. The fraction of sp³-hybridized carbons (Fsp3) is 0.273. The van der Waals surface area contributed by atoms with E-state index in [1.54, 1.807) is 0 Å². The number of rotatable bonds is 2. The van der Waals surface area contributed by atoms with Gasteiger partial charge in [-0.3, -0.25) is 4.79 Å². The Morgan fingerprint density at radius 2 is 2.12 bits per heavy atom. The lowest BCUT2D eigenvalue weighted by atomic mass is 10.1. The summed E-state index contributed by atoms with van der Waals surface area (Å²) in [6.07, 6.45) is 0. The monoisotopic (exact) mass is 224 g/mol. The number of carbonyl (C=O) groups excluding carboxylic acids is 1. The summed E-state index contributed by atoms with van der Waals surface area (Å²) in [5.41, 5.74) is -0.371. The first-order valence-electron chi connectivity index (χ1n) is 4.59. The van der Waals surface area contributed by atoms with Crippen LogP contribution in [0.15, 0.2) is 18.2 Å². The van der Waals surface area contributed by atoms with E-state index in [-0.39, 0.29) is 5.56 Å². The van der Waals surface area contributed by atoms with Crippen molar-refractivity contribution >= 4 is 5.91 Å². The predicted octanol–water partition coefficient (Wildman–Crippen LogP) is 1.95. The van der Waals surface area contributed by atoms with E-state index in [4.69, 9.17) is 5.26 Å². The van der Waals surface area contributed by atoms with Crippen molar-refractivity contribution in [1.82, 2.24) is 4.90 Å². The number of nitrogens with zero attached hydrogens (tertiary/aromatic N) is 2. The summed E-state index contributed by atoms with van der Waals surface area (Å²) in [6, 6.07) is 3.77. The molecule has 1 amide bonds. The third-order valence-corrected chi connectivity index (χ3v) is 2.25. The Kier molecular flexibility index (Phi) is 3.56.